The lowest BCUT2D eigenvalue weighted by Crippen LogP contribution is -2.29. The molecule has 204 valence electrons. The molecule has 1 fully saturated rings. The summed E-state index contributed by atoms with van der Waals surface area (Å²) in [6.45, 7) is 11.6. The lowest BCUT2D eigenvalue weighted by Gasteiger charge is -2.25. The van der Waals surface area contributed by atoms with Crippen LogP contribution in [0.2, 0.25) is 0 Å². The van der Waals surface area contributed by atoms with E-state index in [1.807, 2.05) is 24.3 Å². The fraction of sp³-hybridized carbons (Fsp3) is 0.333. The zero-order chi connectivity index (χ0) is 28.6. The molecule has 1 saturated heterocycles. The summed E-state index contributed by atoms with van der Waals surface area (Å²) >= 11 is 0.981. The molecule has 0 radical (unpaired) electrons. The van der Waals surface area contributed by atoms with Crippen LogP contribution in [0.5, 0.6) is 5.75 Å². The Bertz CT molecular complexity index is 1480. The molecular weight excluding hydrogens is 516 g/mol. The van der Waals surface area contributed by atoms with Crippen molar-refractivity contribution in [1.29, 1.82) is 0 Å². The van der Waals surface area contributed by atoms with Crippen LogP contribution in [0.4, 0.5) is 5.13 Å². The minimum atomic E-state index is -0.957. The van der Waals surface area contributed by atoms with Crippen molar-refractivity contribution in [2.45, 2.75) is 53.0 Å². The number of rotatable bonds is 6. The topological polar surface area (TPSA) is 106 Å². The summed E-state index contributed by atoms with van der Waals surface area (Å²) in [5.41, 5.74) is 3.01. The molecule has 1 aliphatic rings. The Morgan fingerprint density at radius 3 is 2.33 bits per heavy atom. The Morgan fingerprint density at radius 1 is 1.10 bits per heavy atom. The quantitative estimate of drug-likeness (QED) is 0.178. The molecule has 0 saturated carbocycles. The molecule has 2 heterocycles. The second-order valence-corrected chi connectivity index (χ2v) is 11.3. The molecule has 1 aromatic heterocycles. The van der Waals surface area contributed by atoms with Crippen LogP contribution in [0.1, 0.15) is 71.4 Å². The first-order valence-electron chi connectivity index (χ1n) is 12.6. The van der Waals surface area contributed by atoms with Gasteiger partial charge in [-0.1, -0.05) is 56.4 Å². The number of amides is 1. The third-order valence-electron chi connectivity index (χ3n) is 6.68. The van der Waals surface area contributed by atoms with Gasteiger partial charge >= 0.3 is 11.9 Å². The van der Waals surface area contributed by atoms with E-state index in [1.165, 1.54) is 4.90 Å². The zero-order valence-corrected chi connectivity index (χ0v) is 23.9. The Morgan fingerprint density at radius 2 is 1.77 bits per heavy atom. The van der Waals surface area contributed by atoms with Gasteiger partial charge < -0.3 is 14.6 Å². The number of aryl methyl sites for hydroxylation is 2. The second kappa shape index (κ2) is 10.6. The molecule has 1 aliphatic heterocycles. The molecule has 9 heteroatoms. The Balaban J connectivity index is 1.93. The number of ether oxygens (including phenoxy) is 2. The van der Waals surface area contributed by atoms with Gasteiger partial charge in [0, 0.05) is 5.56 Å². The number of hydrogen-bond acceptors (Lipinski definition) is 8. The molecule has 3 aromatic rings. The van der Waals surface area contributed by atoms with E-state index >= 15 is 0 Å². The monoisotopic (exact) mass is 548 g/mol. The molecule has 39 heavy (non-hydrogen) atoms. The predicted molar refractivity (Wildman–Crippen MR) is 150 cm³/mol. The first-order valence-corrected chi connectivity index (χ1v) is 13.4. The van der Waals surface area contributed by atoms with Crippen LogP contribution in [0.25, 0.3) is 5.76 Å². The molecule has 4 rings (SSSR count). The Labute approximate surface area is 231 Å². The normalized spacial score (nSPS) is 17.0. The number of anilines is 1. The van der Waals surface area contributed by atoms with Gasteiger partial charge in [0.05, 0.1) is 31.0 Å². The molecule has 0 spiro atoms. The number of ketones is 1. The molecule has 0 bridgehead atoms. The number of esters is 1. The number of nitrogens with zero attached hydrogens (tertiary/aromatic N) is 2. The van der Waals surface area contributed by atoms with Gasteiger partial charge in [0.25, 0.3) is 5.78 Å². The summed E-state index contributed by atoms with van der Waals surface area (Å²) in [5.74, 6) is -1.91. The van der Waals surface area contributed by atoms with Gasteiger partial charge in [-0.15, -0.1) is 0 Å². The number of carbonyl (C=O) groups is 3. The maximum atomic E-state index is 13.5. The van der Waals surface area contributed by atoms with E-state index in [9.17, 15) is 19.5 Å². The van der Waals surface area contributed by atoms with Crippen LogP contribution in [-0.4, -0.2) is 41.5 Å². The van der Waals surface area contributed by atoms with Crippen molar-refractivity contribution in [2.24, 2.45) is 0 Å². The van der Waals surface area contributed by atoms with E-state index in [4.69, 9.17) is 9.47 Å². The van der Waals surface area contributed by atoms with E-state index in [2.05, 4.69) is 25.8 Å². The summed E-state index contributed by atoms with van der Waals surface area (Å²) in [5, 5.41) is 11.7. The lowest BCUT2D eigenvalue weighted by atomic mass is 9.85. The van der Waals surface area contributed by atoms with Gasteiger partial charge in [-0.05, 0) is 61.1 Å². The van der Waals surface area contributed by atoms with E-state index in [1.54, 1.807) is 46.1 Å². The summed E-state index contributed by atoms with van der Waals surface area (Å²) in [4.78, 5) is 45.5. The van der Waals surface area contributed by atoms with Gasteiger partial charge in [0.1, 0.15) is 16.4 Å². The maximum absolute atomic E-state index is 13.5. The number of Topliss-reactive ketones (excluding diaryl/α,β-unsaturated/α-hetero) is 1. The largest absolute Gasteiger partial charge is 0.507 e. The second-order valence-electron chi connectivity index (χ2n) is 10.4. The number of aliphatic hydroxyl groups is 1. The van der Waals surface area contributed by atoms with Gasteiger partial charge in [0.2, 0.25) is 0 Å². The fourth-order valence-corrected chi connectivity index (χ4v) is 5.54. The standard InChI is InChI=1S/C30H32N2O6S/c1-8-38-28(36)26-17(3)31-29(39-26)32-23(18-9-11-19(12-10-18)30(4,5)6)22(25(34)27(32)35)24(33)21-14-13-20(37-7)15-16(21)2/h9-15,23,33H,8H2,1-7H3/b24-22-. The summed E-state index contributed by atoms with van der Waals surface area (Å²) in [6, 6.07) is 11.7. The van der Waals surface area contributed by atoms with Crippen molar-refractivity contribution < 1.29 is 29.0 Å². The lowest BCUT2D eigenvalue weighted by molar-refractivity contribution is -0.132. The minimum Gasteiger partial charge on any atom is -0.507 e. The number of thiazole rings is 1. The predicted octanol–water partition coefficient (Wildman–Crippen LogP) is 5.87. The number of aliphatic hydroxyl groups excluding tert-OH is 1. The third kappa shape index (κ3) is 5.18. The molecule has 1 N–H and O–H groups in total. The highest BCUT2D eigenvalue weighted by Crippen LogP contribution is 2.44. The van der Waals surface area contributed by atoms with E-state index in [-0.39, 0.29) is 33.4 Å². The number of methoxy groups -OCH3 is 1. The van der Waals surface area contributed by atoms with Gasteiger partial charge in [0.15, 0.2) is 5.13 Å². The van der Waals surface area contributed by atoms with Crippen molar-refractivity contribution in [3.05, 3.63) is 80.9 Å². The Hall–Kier alpha value is -3.98. The van der Waals surface area contributed by atoms with Crippen LogP contribution in [-0.2, 0) is 19.7 Å². The molecule has 2 aromatic carbocycles. The summed E-state index contributed by atoms with van der Waals surface area (Å²) in [6.07, 6.45) is 0. The SMILES string of the molecule is CCOC(=O)c1sc(N2C(=O)C(=O)/C(=C(\O)c3ccc(OC)cc3C)C2c2ccc(C(C)(C)C)cc2)nc1C. The van der Waals surface area contributed by atoms with Gasteiger partial charge in [-0.25, -0.2) is 9.78 Å². The molecule has 1 unspecified atom stereocenters. The minimum absolute atomic E-state index is 0.0534. The van der Waals surface area contributed by atoms with Crippen molar-refractivity contribution >= 4 is 39.9 Å². The molecule has 1 amide bonds. The van der Waals surface area contributed by atoms with Gasteiger partial charge in [-0.3, -0.25) is 14.5 Å². The van der Waals surface area contributed by atoms with Crippen molar-refractivity contribution in [3.8, 4) is 5.75 Å². The van der Waals surface area contributed by atoms with Crippen LogP contribution >= 0.6 is 11.3 Å². The Kier molecular flexibility index (Phi) is 7.66. The van der Waals surface area contributed by atoms with Crippen molar-refractivity contribution in [2.75, 3.05) is 18.6 Å². The number of aromatic nitrogens is 1. The highest BCUT2D eigenvalue weighted by atomic mass is 32.1. The average molecular weight is 549 g/mol. The molecule has 1 atom stereocenters. The molecular formula is C30H32N2O6S. The van der Waals surface area contributed by atoms with E-state index in [0.29, 0.717) is 28.1 Å². The first kappa shape index (κ1) is 28.0. The highest BCUT2D eigenvalue weighted by Gasteiger charge is 2.48. The van der Waals surface area contributed by atoms with E-state index < -0.39 is 23.7 Å². The molecule has 8 nitrogen and oxygen atoms in total. The summed E-state index contributed by atoms with van der Waals surface area (Å²) in [7, 11) is 1.54. The van der Waals surface area contributed by atoms with E-state index in [0.717, 1.165) is 16.9 Å². The number of benzene rings is 2. The first-order chi connectivity index (χ1) is 18.4. The molecule has 0 aliphatic carbocycles. The van der Waals surface area contributed by atoms with Crippen molar-refractivity contribution in [1.82, 2.24) is 4.98 Å². The van der Waals surface area contributed by atoms with Crippen molar-refractivity contribution in [3.63, 3.8) is 0 Å². The van der Waals surface area contributed by atoms with Crippen LogP contribution in [0.3, 0.4) is 0 Å². The maximum Gasteiger partial charge on any atom is 0.350 e. The van der Waals surface area contributed by atoms with Crippen LogP contribution in [0.15, 0.2) is 48.0 Å². The smallest absolute Gasteiger partial charge is 0.350 e. The van der Waals surface area contributed by atoms with Crippen LogP contribution in [0, 0.1) is 13.8 Å². The van der Waals surface area contributed by atoms with Crippen LogP contribution < -0.4 is 9.64 Å². The third-order valence-corrected chi connectivity index (χ3v) is 7.81. The zero-order valence-electron chi connectivity index (χ0n) is 23.1. The fourth-order valence-electron chi connectivity index (χ4n) is 4.56. The number of carbonyl (C=O) groups excluding carboxylic acids is 3. The van der Waals surface area contributed by atoms with Gasteiger partial charge in [-0.2, -0.15) is 0 Å². The highest BCUT2D eigenvalue weighted by molar-refractivity contribution is 7.17. The summed E-state index contributed by atoms with van der Waals surface area (Å²) < 4.78 is 10.4. The average Bonchev–Trinajstić information content (AvgIpc) is 3.40. The number of hydrogen-bond donors (Lipinski definition) is 1.